The Hall–Kier alpha value is -2.24. The Kier molecular flexibility index (Phi) is 4.21. The molecule has 2 unspecified atom stereocenters. The van der Waals surface area contributed by atoms with Crippen LogP contribution in [0.1, 0.15) is 16.7 Å². The fourth-order valence-corrected chi connectivity index (χ4v) is 3.75. The standard InChI is InChI=1S/C22H24O5/c1-13-7-18-20(19(8-13)23-2)22(27-12-15-10-25-15)17-6-4-3-5-16(17)21(18)26-11-14-9-24-14/h3-4,7-8,14-15H,5-6,9-12H2,1-2H3. The van der Waals surface area contributed by atoms with Crippen molar-refractivity contribution in [2.75, 3.05) is 33.5 Å². The third-order valence-corrected chi connectivity index (χ3v) is 5.29. The fourth-order valence-electron chi connectivity index (χ4n) is 3.75. The summed E-state index contributed by atoms with van der Waals surface area (Å²) in [5.41, 5.74) is 3.54. The van der Waals surface area contributed by atoms with Gasteiger partial charge in [-0.25, -0.2) is 0 Å². The van der Waals surface area contributed by atoms with Gasteiger partial charge in [0, 0.05) is 16.5 Å². The van der Waals surface area contributed by atoms with Crippen LogP contribution in [0.25, 0.3) is 10.8 Å². The summed E-state index contributed by atoms with van der Waals surface area (Å²) in [4.78, 5) is 0. The summed E-state index contributed by atoms with van der Waals surface area (Å²) in [7, 11) is 1.71. The number of allylic oxidation sites excluding steroid dienone is 2. The van der Waals surface area contributed by atoms with Crippen molar-refractivity contribution in [3.8, 4) is 17.2 Å². The summed E-state index contributed by atoms with van der Waals surface area (Å²) in [6.45, 7) is 4.79. The Bertz CT molecular complexity index is 909. The monoisotopic (exact) mass is 368 g/mol. The highest BCUT2D eigenvalue weighted by molar-refractivity contribution is 6.01. The van der Waals surface area contributed by atoms with Crippen molar-refractivity contribution in [1.29, 1.82) is 0 Å². The molecule has 27 heavy (non-hydrogen) atoms. The molecule has 0 N–H and O–H groups in total. The number of epoxide rings is 2. The predicted octanol–water partition coefficient (Wildman–Crippen LogP) is 3.37. The van der Waals surface area contributed by atoms with Gasteiger partial charge in [-0.1, -0.05) is 12.2 Å². The number of benzene rings is 2. The van der Waals surface area contributed by atoms with E-state index in [1.807, 2.05) is 0 Å². The smallest absolute Gasteiger partial charge is 0.135 e. The topological polar surface area (TPSA) is 52.8 Å². The van der Waals surface area contributed by atoms with Crippen LogP contribution in [0.5, 0.6) is 17.2 Å². The molecule has 0 radical (unpaired) electrons. The van der Waals surface area contributed by atoms with E-state index in [0.29, 0.717) is 13.2 Å². The van der Waals surface area contributed by atoms with E-state index in [1.54, 1.807) is 7.11 Å². The molecule has 5 nitrogen and oxygen atoms in total. The molecule has 2 aromatic rings. The Labute approximate surface area is 158 Å². The van der Waals surface area contributed by atoms with E-state index in [2.05, 4.69) is 31.2 Å². The van der Waals surface area contributed by atoms with Crippen molar-refractivity contribution < 1.29 is 23.7 Å². The quantitative estimate of drug-likeness (QED) is 0.554. The molecule has 0 spiro atoms. The SMILES string of the molecule is COc1cc(C)cc2c(OCC3CO3)c3c(c(OCC4CO4)c12)CC=CC3. The molecule has 0 aromatic heterocycles. The minimum Gasteiger partial charge on any atom is -0.496 e. The van der Waals surface area contributed by atoms with Crippen molar-refractivity contribution >= 4 is 10.8 Å². The third kappa shape index (κ3) is 3.26. The zero-order chi connectivity index (χ0) is 18.4. The van der Waals surface area contributed by atoms with E-state index < -0.39 is 0 Å². The molecule has 5 rings (SSSR count). The number of aryl methyl sites for hydroxylation is 1. The molecule has 5 heteroatoms. The highest BCUT2D eigenvalue weighted by Gasteiger charge is 2.29. The van der Waals surface area contributed by atoms with Crippen molar-refractivity contribution in [1.82, 2.24) is 0 Å². The first-order valence-electron chi connectivity index (χ1n) is 9.54. The van der Waals surface area contributed by atoms with E-state index in [9.17, 15) is 0 Å². The van der Waals surface area contributed by atoms with Crippen molar-refractivity contribution in [2.24, 2.45) is 0 Å². The molecule has 2 aromatic carbocycles. The first kappa shape index (κ1) is 16.9. The molecule has 2 atom stereocenters. The second-order valence-corrected chi connectivity index (χ2v) is 7.42. The van der Waals surface area contributed by atoms with Gasteiger partial charge < -0.3 is 23.7 Å². The maximum atomic E-state index is 6.30. The molecule has 142 valence electrons. The lowest BCUT2D eigenvalue weighted by Crippen LogP contribution is -2.13. The summed E-state index contributed by atoms with van der Waals surface area (Å²) in [5, 5.41) is 2.04. The van der Waals surface area contributed by atoms with Crippen LogP contribution in [0.2, 0.25) is 0 Å². The number of ether oxygens (including phenoxy) is 5. The molecule has 0 bridgehead atoms. The van der Waals surface area contributed by atoms with Gasteiger partial charge in [0.05, 0.1) is 25.7 Å². The number of hydrogen-bond acceptors (Lipinski definition) is 5. The molecule has 2 aliphatic heterocycles. The first-order chi connectivity index (χ1) is 13.2. The second-order valence-electron chi connectivity index (χ2n) is 7.42. The fraction of sp³-hybridized carbons (Fsp3) is 0.455. The van der Waals surface area contributed by atoms with Crippen LogP contribution < -0.4 is 14.2 Å². The zero-order valence-corrected chi connectivity index (χ0v) is 15.7. The van der Waals surface area contributed by atoms with Gasteiger partial charge in [0.25, 0.3) is 0 Å². The van der Waals surface area contributed by atoms with E-state index >= 15 is 0 Å². The summed E-state index contributed by atoms with van der Waals surface area (Å²) in [6.07, 6.45) is 6.50. The van der Waals surface area contributed by atoms with Crippen LogP contribution in [0.4, 0.5) is 0 Å². The largest absolute Gasteiger partial charge is 0.496 e. The maximum Gasteiger partial charge on any atom is 0.135 e. The van der Waals surface area contributed by atoms with E-state index in [-0.39, 0.29) is 12.2 Å². The lowest BCUT2D eigenvalue weighted by Gasteiger charge is -2.24. The Morgan fingerprint density at radius 3 is 2.11 bits per heavy atom. The van der Waals surface area contributed by atoms with E-state index in [4.69, 9.17) is 23.7 Å². The summed E-state index contributed by atoms with van der Waals surface area (Å²) >= 11 is 0. The van der Waals surface area contributed by atoms with Crippen molar-refractivity contribution in [2.45, 2.75) is 32.0 Å². The van der Waals surface area contributed by atoms with Crippen LogP contribution in [0.3, 0.4) is 0 Å². The molecule has 0 amide bonds. The average molecular weight is 368 g/mol. The van der Waals surface area contributed by atoms with E-state index in [0.717, 1.165) is 59.6 Å². The van der Waals surface area contributed by atoms with Crippen LogP contribution in [-0.4, -0.2) is 45.7 Å². The van der Waals surface area contributed by atoms with Gasteiger partial charge in [0.2, 0.25) is 0 Å². The maximum absolute atomic E-state index is 6.30. The number of methoxy groups -OCH3 is 1. The summed E-state index contributed by atoms with van der Waals surface area (Å²) in [6, 6.07) is 4.22. The predicted molar refractivity (Wildman–Crippen MR) is 102 cm³/mol. The molecule has 2 heterocycles. The number of hydrogen-bond donors (Lipinski definition) is 0. The van der Waals surface area contributed by atoms with Gasteiger partial charge >= 0.3 is 0 Å². The van der Waals surface area contributed by atoms with Gasteiger partial charge in [-0.05, 0) is 37.5 Å². The summed E-state index contributed by atoms with van der Waals surface area (Å²) in [5.74, 6) is 2.67. The van der Waals surface area contributed by atoms with Crippen LogP contribution >= 0.6 is 0 Å². The normalized spacial score (nSPS) is 22.4. The number of fused-ring (bicyclic) bond motifs is 2. The van der Waals surface area contributed by atoms with Crippen LogP contribution in [0, 0.1) is 6.92 Å². The van der Waals surface area contributed by atoms with Crippen LogP contribution in [-0.2, 0) is 22.3 Å². The van der Waals surface area contributed by atoms with Gasteiger partial charge in [0.15, 0.2) is 0 Å². The average Bonchev–Trinajstić information content (AvgIpc) is 3.58. The van der Waals surface area contributed by atoms with Gasteiger partial charge in [-0.15, -0.1) is 0 Å². The number of rotatable bonds is 7. The first-order valence-corrected chi connectivity index (χ1v) is 9.54. The van der Waals surface area contributed by atoms with Gasteiger partial charge in [-0.3, -0.25) is 0 Å². The van der Waals surface area contributed by atoms with E-state index in [1.165, 1.54) is 11.1 Å². The third-order valence-electron chi connectivity index (χ3n) is 5.29. The highest BCUT2D eigenvalue weighted by atomic mass is 16.6. The summed E-state index contributed by atoms with van der Waals surface area (Å²) < 4.78 is 29.0. The Morgan fingerprint density at radius 1 is 0.926 bits per heavy atom. The second kappa shape index (κ2) is 6.73. The molecular formula is C22H24O5. The molecular weight excluding hydrogens is 344 g/mol. The minimum absolute atomic E-state index is 0.203. The molecule has 0 saturated carbocycles. The molecule has 2 fully saturated rings. The van der Waals surface area contributed by atoms with Crippen molar-refractivity contribution in [3.63, 3.8) is 0 Å². The molecule has 3 aliphatic rings. The Morgan fingerprint density at radius 2 is 1.52 bits per heavy atom. The van der Waals surface area contributed by atoms with Gasteiger partial charge in [-0.2, -0.15) is 0 Å². The Balaban J connectivity index is 1.71. The molecule has 1 aliphatic carbocycles. The molecule has 2 saturated heterocycles. The lowest BCUT2D eigenvalue weighted by atomic mass is 9.89. The minimum atomic E-state index is 0.203. The van der Waals surface area contributed by atoms with Gasteiger partial charge in [0.1, 0.15) is 42.7 Å². The van der Waals surface area contributed by atoms with Crippen molar-refractivity contribution in [3.05, 3.63) is 41.0 Å². The lowest BCUT2D eigenvalue weighted by molar-refractivity contribution is 0.257. The van der Waals surface area contributed by atoms with Crippen LogP contribution in [0.15, 0.2) is 24.3 Å². The zero-order valence-electron chi connectivity index (χ0n) is 15.7. The highest BCUT2D eigenvalue weighted by Crippen LogP contribution is 2.47.